The van der Waals surface area contributed by atoms with Crippen LogP contribution in [-0.4, -0.2) is 23.6 Å². The highest BCUT2D eigenvalue weighted by Gasteiger charge is 2.57. The first-order valence-corrected chi connectivity index (χ1v) is 6.36. The summed E-state index contributed by atoms with van der Waals surface area (Å²) < 4.78 is 5.47. The lowest BCUT2D eigenvalue weighted by molar-refractivity contribution is -0.147. The largest absolute Gasteiger partial charge is 0.489 e. The number of carboxylic acids is 1. The summed E-state index contributed by atoms with van der Waals surface area (Å²) in [5.41, 5.74) is 0.179. The van der Waals surface area contributed by atoms with Crippen molar-refractivity contribution in [3.05, 3.63) is 36.4 Å². The summed E-state index contributed by atoms with van der Waals surface area (Å²) in [5.74, 6) is -0.933. The average molecular weight is 275 g/mol. The lowest BCUT2D eigenvalue weighted by Crippen LogP contribution is -2.31. The zero-order valence-corrected chi connectivity index (χ0v) is 11.3. The molecule has 2 N–H and O–H groups in total. The van der Waals surface area contributed by atoms with E-state index in [0.29, 0.717) is 30.9 Å². The molecule has 1 aliphatic carbocycles. The lowest BCUT2D eigenvalue weighted by atomic mass is 10.1. The molecule has 0 radical (unpaired) electrons. The van der Waals surface area contributed by atoms with Crippen molar-refractivity contribution < 1.29 is 19.4 Å². The fraction of sp³-hybridized carbons (Fsp3) is 0.333. The Kier molecular flexibility index (Phi) is 3.79. The van der Waals surface area contributed by atoms with E-state index in [0.717, 1.165) is 5.57 Å². The molecule has 1 saturated carbocycles. The van der Waals surface area contributed by atoms with Crippen molar-refractivity contribution in [3.63, 3.8) is 0 Å². The molecular weight excluding hydrogens is 258 g/mol. The molecule has 0 saturated heterocycles. The number of benzene rings is 1. The third-order valence-electron chi connectivity index (χ3n) is 3.17. The predicted octanol–water partition coefficient (Wildman–Crippen LogP) is 2.44. The van der Waals surface area contributed by atoms with Crippen LogP contribution in [0.4, 0.5) is 5.69 Å². The Bertz CT molecular complexity index is 561. The van der Waals surface area contributed by atoms with Crippen molar-refractivity contribution in [2.24, 2.45) is 5.41 Å². The quantitative estimate of drug-likeness (QED) is 0.617. The maximum atomic E-state index is 12.0. The van der Waals surface area contributed by atoms with Gasteiger partial charge in [0.05, 0.1) is 0 Å². The van der Waals surface area contributed by atoms with E-state index in [1.165, 1.54) is 0 Å². The van der Waals surface area contributed by atoms with Crippen LogP contribution in [0.15, 0.2) is 36.4 Å². The minimum Gasteiger partial charge on any atom is -0.489 e. The number of amides is 1. The van der Waals surface area contributed by atoms with Crippen molar-refractivity contribution in [1.29, 1.82) is 0 Å². The number of carboxylic acid groups (broad SMARTS) is 1. The van der Waals surface area contributed by atoms with Crippen LogP contribution in [0.5, 0.6) is 5.75 Å². The molecule has 0 aliphatic heterocycles. The van der Waals surface area contributed by atoms with Crippen LogP contribution in [0.3, 0.4) is 0 Å². The molecule has 106 valence electrons. The number of ether oxygens (including phenoxy) is 1. The molecule has 0 atom stereocenters. The van der Waals surface area contributed by atoms with Gasteiger partial charge in [-0.05, 0) is 37.5 Å². The Hall–Kier alpha value is -2.30. The second kappa shape index (κ2) is 5.36. The summed E-state index contributed by atoms with van der Waals surface area (Å²) in [7, 11) is 0. The minimum absolute atomic E-state index is 0.389. The van der Waals surface area contributed by atoms with Gasteiger partial charge in [-0.15, -0.1) is 0 Å². The van der Waals surface area contributed by atoms with Gasteiger partial charge >= 0.3 is 5.97 Å². The number of anilines is 1. The molecule has 1 aromatic carbocycles. The number of carbonyl (C=O) groups is 2. The molecule has 1 aliphatic rings. The molecule has 1 aromatic rings. The maximum Gasteiger partial charge on any atom is 0.319 e. The van der Waals surface area contributed by atoms with Crippen LogP contribution < -0.4 is 10.1 Å². The molecule has 1 amide bonds. The van der Waals surface area contributed by atoms with Gasteiger partial charge in [-0.25, -0.2) is 0 Å². The first kappa shape index (κ1) is 14.1. The highest BCUT2D eigenvalue weighted by Crippen LogP contribution is 2.46. The summed E-state index contributed by atoms with van der Waals surface area (Å²) in [6, 6.07) is 6.87. The van der Waals surface area contributed by atoms with E-state index in [1.54, 1.807) is 24.3 Å². The number of nitrogens with one attached hydrogen (secondary N) is 1. The van der Waals surface area contributed by atoms with E-state index >= 15 is 0 Å². The normalized spacial score (nSPS) is 15.2. The molecule has 0 unspecified atom stereocenters. The van der Waals surface area contributed by atoms with Crippen molar-refractivity contribution >= 4 is 17.6 Å². The van der Waals surface area contributed by atoms with E-state index in [1.807, 2.05) is 6.92 Å². The van der Waals surface area contributed by atoms with E-state index in [4.69, 9.17) is 9.84 Å². The second-order valence-corrected chi connectivity index (χ2v) is 5.11. The molecule has 0 aromatic heterocycles. The van der Waals surface area contributed by atoms with Crippen LogP contribution in [-0.2, 0) is 9.59 Å². The Labute approximate surface area is 117 Å². The second-order valence-electron chi connectivity index (χ2n) is 5.11. The smallest absolute Gasteiger partial charge is 0.319 e. The van der Waals surface area contributed by atoms with Crippen LogP contribution >= 0.6 is 0 Å². The third kappa shape index (κ3) is 2.99. The fourth-order valence-corrected chi connectivity index (χ4v) is 1.78. The van der Waals surface area contributed by atoms with Gasteiger partial charge in [0.1, 0.15) is 17.8 Å². The van der Waals surface area contributed by atoms with Gasteiger partial charge in [-0.2, -0.15) is 0 Å². The minimum atomic E-state index is -1.24. The summed E-state index contributed by atoms with van der Waals surface area (Å²) in [6.45, 7) is 6.00. The third-order valence-corrected chi connectivity index (χ3v) is 3.17. The fourth-order valence-electron chi connectivity index (χ4n) is 1.78. The molecule has 0 bridgehead atoms. The van der Waals surface area contributed by atoms with Crippen molar-refractivity contribution in [1.82, 2.24) is 0 Å². The molecule has 1 fully saturated rings. The first-order valence-electron chi connectivity index (χ1n) is 6.36. The summed E-state index contributed by atoms with van der Waals surface area (Å²) in [4.78, 5) is 23.0. The van der Waals surface area contributed by atoms with Gasteiger partial charge in [0, 0.05) is 11.8 Å². The molecule has 20 heavy (non-hydrogen) atoms. The van der Waals surface area contributed by atoms with Crippen molar-refractivity contribution in [2.45, 2.75) is 19.8 Å². The van der Waals surface area contributed by atoms with Crippen LogP contribution in [0, 0.1) is 5.41 Å². The van der Waals surface area contributed by atoms with Crippen molar-refractivity contribution in [2.75, 3.05) is 11.9 Å². The van der Waals surface area contributed by atoms with Gasteiger partial charge in [0.25, 0.3) is 0 Å². The monoisotopic (exact) mass is 275 g/mol. The Morgan fingerprint density at radius 3 is 2.70 bits per heavy atom. The topological polar surface area (TPSA) is 75.6 Å². The maximum absolute atomic E-state index is 12.0. The number of hydrogen-bond donors (Lipinski definition) is 2. The van der Waals surface area contributed by atoms with Crippen LogP contribution in [0.2, 0.25) is 0 Å². The molecule has 0 spiro atoms. The zero-order valence-electron chi connectivity index (χ0n) is 11.3. The van der Waals surface area contributed by atoms with E-state index in [-0.39, 0.29) is 0 Å². The highest BCUT2D eigenvalue weighted by atomic mass is 16.5. The van der Waals surface area contributed by atoms with E-state index in [2.05, 4.69) is 11.9 Å². The molecule has 2 rings (SSSR count). The van der Waals surface area contributed by atoms with Gasteiger partial charge in [-0.3, -0.25) is 9.59 Å². The van der Waals surface area contributed by atoms with Crippen molar-refractivity contribution in [3.8, 4) is 5.75 Å². The summed E-state index contributed by atoms with van der Waals surface area (Å²) in [6.07, 6.45) is 0.778. The molecular formula is C15H17NO4. The standard InChI is InChI=1S/C15H17NO4/c1-10(2)9-20-12-5-3-4-11(8-12)16-13(17)15(6-7-15)14(18)19/h3-5,8H,1,6-7,9H2,2H3,(H,16,17)(H,18,19). The molecule has 5 nitrogen and oxygen atoms in total. The Morgan fingerprint density at radius 1 is 1.45 bits per heavy atom. The van der Waals surface area contributed by atoms with Gasteiger partial charge in [0.15, 0.2) is 0 Å². The molecule has 0 heterocycles. The SMILES string of the molecule is C=C(C)COc1cccc(NC(=O)C2(C(=O)O)CC2)c1. The van der Waals surface area contributed by atoms with E-state index < -0.39 is 17.3 Å². The van der Waals surface area contributed by atoms with E-state index in [9.17, 15) is 9.59 Å². The summed E-state index contributed by atoms with van der Waals surface area (Å²) in [5, 5.41) is 11.7. The summed E-state index contributed by atoms with van der Waals surface area (Å²) >= 11 is 0. The van der Waals surface area contributed by atoms with Gasteiger partial charge in [-0.1, -0.05) is 12.6 Å². The number of hydrogen-bond acceptors (Lipinski definition) is 3. The first-order chi connectivity index (χ1) is 9.44. The van der Waals surface area contributed by atoms with Gasteiger partial charge in [0.2, 0.25) is 5.91 Å². The number of aliphatic carboxylic acids is 1. The van der Waals surface area contributed by atoms with Crippen LogP contribution in [0.1, 0.15) is 19.8 Å². The Morgan fingerprint density at radius 2 is 2.15 bits per heavy atom. The average Bonchev–Trinajstić information content (AvgIpc) is 3.18. The Balaban J connectivity index is 2.03. The van der Waals surface area contributed by atoms with Gasteiger partial charge < -0.3 is 15.2 Å². The number of rotatable bonds is 6. The lowest BCUT2D eigenvalue weighted by Gasteiger charge is -2.12. The highest BCUT2D eigenvalue weighted by molar-refractivity contribution is 6.10. The molecule has 5 heteroatoms. The predicted molar refractivity (Wildman–Crippen MR) is 74.7 cm³/mol. The number of carbonyl (C=O) groups excluding carboxylic acids is 1. The zero-order chi connectivity index (χ0) is 14.8. The van der Waals surface area contributed by atoms with Crippen LogP contribution in [0.25, 0.3) is 0 Å².